The molecule has 4 rings (SSSR count). The van der Waals surface area contributed by atoms with Gasteiger partial charge in [-0.1, -0.05) is 42.0 Å². The molecule has 160 valence electrons. The van der Waals surface area contributed by atoms with Crippen LogP contribution in [0, 0.1) is 6.92 Å². The summed E-state index contributed by atoms with van der Waals surface area (Å²) in [5, 5.41) is 0. The summed E-state index contributed by atoms with van der Waals surface area (Å²) in [5.74, 6) is -0.230. The average Bonchev–Trinajstić information content (AvgIpc) is 2.72. The highest BCUT2D eigenvalue weighted by Gasteiger charge is 2.25. The molecule has 3 N–H and O–H groups in total. The summed E-state index contributed by atoms with van der Waals surface area (Å²) >= 11 is 0. The van der Waals surface area contributed by atoms with Gasteiger partial charge in [-0.05, 0) is 24.6 Å². The maximum absolute atomic E-state index is 12.8. The van der Waals surface area contributed by atoms with Crippen molar-refractivity contribution in [1.82, 2.24) is 14.7 Å². The van der Waals surface area contributed by atoms with E-state index in [1.54, 1.807) is 12.1 Å². The van der Waals surface area contributed by atoms with Crippen LogP contribution in [0.4, 0.5) is 5.82 Å². The van der Waals surface area contributed by atoms with Gasteiger partial charge in [-0.15, -0.1) is 0 Å². The van der Waals surface area contributed by atoms with Crippen molar-refractivity contribution in [2.24, 2.45) is 0 Å². The van der Waals surface area contributed by atoms with Crippen LogP contribution in [0.5, 0.6) is 0 Å². The summed E-state index contributed by atoms with van der Waals surface area (Å²) in [7, 11) is -3.62. The van der Waals surface area contributed by atoms with Crippen molar-refractivity contribution in [3.05, 3.63) is 71.5 Å². The quantitative estimate of drug-likeness (QED) is 0.542. The number of nitrogens with one attached hydrogen (secondary N) is 1. The number of carbonyl (C=O) groups excluding carboxylic acids is 1. The fourth-order valence-electron chi connectivity index (χ4n) is 3.11. The van der Waals surface area contributed by atoms with Gasteiger partial charge in [0.05, 0.1) is 36.0 Å². The van der Waals surface area contributed by atoms with Gasteiger partial charge in [-0.3, -0.25) is 4.79 Å². The third-order valence-corrected chi connectivity index (χ3v) is 6.51. The van der Waals surface area contributed by atoms with Crippen molar-refractivity contribution < 1.29 is 17.9 Å². The Morgan fingerprint density at radius 3 is 2.42 bits per heavy atom. The fourth-order valence-corrected chi connectivity index (χ4v) is 4.32. The van der Waals surface area contributed by atoms with Crippen molar-refractivity contribution in [2.75, 3.05) is 18.9 Å². The molecule has 1 aromatic heterocycles. The van der Waals surface area contributed by atoms with Crippen LogP contribution in [0.1, 0.15) is 21.6 Å². The molecule has 0 radical (unpaired) electrons. The van der Waals surface area contributed by atoms with Gasteiger partial charge >= 0.3 is 0 Å². The van der Waals surface area contributed by atoms with Crippen LogP contribution in [0.3, 0.4) is 0 Å². The Labute approximate surface area is 180 Å². The van der Waals surface area contributed by atoms with Crippen molar-refractivity contribution in [3.8, 4) is 11.3 Å². The zero-order valence-electron chi connectivity index (χ0n) is 16.9. The van der Waals surface area contributed by atoms with E-state index in [9.17, 15) is 13.2 Å². The molecule has 2 heterocycles. The van der Waals surface area contributed by atoms with E-state index in [1.165, 1.54) is 18.3 Å². The number of hydrogen-bond acceptors (Lipinski definition) is 7. The molecule has 1 fully saturated rings. The molecule has 1 aliphatic rings. The standard InChI is InChI=1S/C22H22N4O4S/c1-14-2-6-16(7-3-14)19-11-24-22(23)21(25-19)20(27)10-15-4-8-18(9-5-15)31(28,29)26-17-12-30-13-17/h2-9,11,17,26H,10,12-13H2,1H3,(H2,23,24). The van der Waals surface area contributed by atoms with E-state index in [0.29, 0.717) is 24.5 Å². The Kier molecular flexibility index (Phi) is 5.81. The van der Waals surface area contributed by atoms with Crippen LogP contribution < -0.4 is 10.5 Å². The number of Topliss-reactive ketones (excluding diaryl/α,β-unsaturated/α-hetero) is 1. The lowest BCUT2D eigenvalue weighted by Gasteiger charge is -2.26. The van der Waals surface area contributed by atoms with Gasteiger partial charge in [-0.2, -0.15) is 0 Å². The molecule has 3 aromatic rings. The summed E-state index contributed by atoms with van der Waals surface area (Å²) < 4.78 is 32.3. The van der Waals surface area contributed by atoms with Crippen LogP contribution in [0.15, 0.2) is 59.6 Å². The van der Waals surface area contributed by atoms with Crippen LogP contribution in [-0.2, 0) is 21.2 Å². The van der Waals surface area contributed by atoms with Gasteiger partial charge in [0.1, 0.15) is 5.69 Å². The zero-order valence-corrected chi connectivity index (χ0v) is 17.7. The number of aryl methyl sites for hydroxylation is 1. The number of benzene rings is 2. The van der Waals surface area contributed by atoms with Crippen LogP contribution in [0.25, 0.3) is 11.3 Å². The number of aromatic nitrogens is 2. The van der Waals surface area contributed by atoms with Gasteiger partial charge in [0.15, 0.2) is 11.6 Å². The second kappa shape index (κ2) is 8.54. The highest BCUT2D eigenvalue weighted by Crippen LogP contribution is 2.20. The minimum absolute atomic E-state index is 0.0282. The van der Waals surface area contributed by atoms with Crippen LogP contribution in [-0.4, -0.2) is 43.4 Å². The molecule has 8 nitrogen and oxygen atoms in total. The predicted octanol–water partition coefficient (Wildman–Crippen LogP) is 2.14. The number of nitrogens with zero attached hydrogens (tertiary/aromatic N) is 2. The van der Waals surface area contributed by atoms with Gasteiger partial charge in [0.2, 0.25) is 10.0 Å². The van der Waals surface area contributed by atoms with Gasteiger partial charge in [0, 0.05) is 12.0 Å². The second-order valence-corrected chi connectivity index (χ2v) is 9.17. The Hall–Kier alpha value is -3.14. The molecule has 31 heavy (non-hydrogen) atoms. The predicted molar refractivity (Wildman–Crippen MR) is 116 cm³/mol. The average molecular weight is 439 g/mol. The third kappa shape index (κ3) is 4.79. The number of sulfonamides is 1. The lowest BCUT2D eigenvalue weighted by atomic mass is 10.1. The molecule has 0 amide bonds. The minimum Gasteiger partial charge on any atom is -0.382 e. The van der Waals surface area contributed by atoms with E-state index in [2.05, 4.69) is 14.7 Å². The number of hydrogen-bond donors (Lipinski definition) is 2. The molecule has 0 unspecified atom stereocenters. The number of carbonyl (C=O) groups is 1. The topological polar surface area (TPSA) is 124 Å². The number of nitrogens with two attached hydrogens (primary N) is 1. The third-order valence-electron chi connectivity index (χ3n) is 4.97. The maximum atomic E-state index is 12.8. The monoisotopic (exact) mass is 438 g/mol. The van der Waals surface area contributed by atoms with Gasteiger partial charge < -0.3 is 10.5 Å². The zero-order chi connectivity index (χ0) is 22.0. The summed E-state index contributed by atoms with van der Waals surface area (Å²) in [6.07, 6.45) is 1.57. The number of ether oxygens (including phenoxy) is 1. The molecule has 0 atom stereocenters. The summed E-state index contributed by atoms with van der Waals surface area (Å²) in [6, 6.07) is 13.7. The first kappa shape index (κ1) is 21.1. The van der Waals surface area contributed by atoms with E-state index in [0.717, 1.165) is 11.1 Å². The molecule has 0 saturated carbocycles. The number of nitrogen functional groups attached to an aromatic ring is 1. The first-order valence-electron chi connectivity index (χ1n) is 9.73. The Bertz CT molecular complexity index is 1210. The number of anilines is 1. The second-order valence-electron chi connectivity index (χ2n) is 7.45. The molecule has 0 bridgehead atoms. The molecule has 0 aliphatic carbocycles. The first-order chi connectivity index (χ1) is 14.8. The summed E-state index contributed by atoms with van der Waals surface area (Å²) in [4.78, 5) is 21.5. The minimum atomic E-state index is -3.62. The lowest BCUT2D eigenvalue weighted by molar-refractivity contribution is 0.00482. The molecular formula is C22H22N4O4S. The number of ketones is 1. The molecule has 0 spiro atoms. The van der Waals surface area contributed by atoms with E-state index in [-0.39, 0.29) is 34.7 Å². The van der Waals surface area contributed by atoms with E-state index >= 15 is 0 Å². The highest BCUT2D eigenvalue weighted by atomic mass is 32.2. The Morgan fingerprint density at radius 1 is 1.13 bits per heavy atom. The van der Waals surface area contributed by atoms with Gasteiger partial charge in [-0.25, -0.2) is 23.1 Å². The van der Waals surface area contributed by atoms with E-state index < -0.39 is 10.0 Å². The van der Waals surface area contributed by atoms with Crippen LogP contribution >= 0.6 is 0 Å². The van der Waals surface area contributed by atoms with E-state index in [1.807, 2.05) is 31.2 Å². The molecule has 2 aromatic carbocycles. The normalized spacial score (nSPS) is 14.2. The number of rotatable bonds is 7. The Balaban J connectivity index is 1.50. The lowest BCUT2D eigenvalue weighted by Crippen LogP contribution is -2.48. The smallest absolute Gasteiger partial charge is 0.240 e. The first-order valence-corrected chi connectivity index (χ1v) is 11.2. The highest BCUT2D eigenvalue weighted by molar-refractivity contribution is 7.89. The van der Waals surface area contributed by atoms with Crippen molar-refractivity contribution in [2.45, 2.75) is 24.3 Å². The maximum Gasteiger partial charge on any atom is 0.240 e. The molecule has 1 aliphatic heterocycles. The summed E-state index contributed by atoms with van der Waals surface area (Å²) in [6.45, 7) is 2.73. The fraction of sp³-hybridized carbons (Fsp3) is 0.227. The van der Waals surface area contributed by atoms with E-state index in [4.69, 9.17) is 10.5 Å². The SMILES string of the molecule is Cc1ccc(-c2cnc(N)c(C(=O)Cc3ccc(S(=O)(=O)NC4COC4)cc3)n2)cc1. The van der Waals surface area contributed by atoms with Gasteiger partial charge in [0.25, 0.3) is 0 Å². The van der Waals surface area contributed by atoms with Crippen LogP contribution in [0.2, 0.25) is 0 Å². The summed E-state index contributed by atoms with van der Waals surface area (Å²) in [5.41, 5.74) is 9.16. The molecule has 9 heteroatoms. The largest absolute Gasteiger partial charge is 0.382 e. The molecule has 1 saturated heterocycles. The Morgan fingerprint density at radius 2 is 1.81 bits per heavy atom. The molecular weight excluding hydrogens is 416 g/mol. The van der Waals surface area contributed by atoms with Crippen molar-refractivity contribution in [3.63, 3.8) is 0 Å². The van der Waals surface area contributed by atoms with Crippen molar-refractivity contribution >= 4 is 21.6 Å². The van der Waals surface area contributed by atoms with Crippen molar-refractivity contribution in [1.29, 1.82) is 0 Å².